The van der Waals surface area contributed by atoms with Crippen LogP contribution < -0.4 is 10.1 Å². The van der Waals surface area contributed by atoms with Crippen LogP contribution in [-0.4, -0.2) is 73.7 Å². The van der Waals surface area contributed by atoms with Gasteiger partial charge in [0.25, 0.3) is 0 Å². The molecule has 1 aliphatic carbocycles. The van der Waals surface area contributed by atoms with Gasteiger partial charge in [-0.15, -0.1) is 0 Å². The zero-order valence-electron chi connectivity index (χ0n) is 20.8. The van der Waals surface area contributed by atoms with E-state index in [4.69, 9.17) is 14.2 Å². The van der Waals surface area contributed by atoms with Gasteiger partial charge in [-0.25, -0.2) is 9.59 Å². The van der Waals surface area contributed by atoms with Gasteiger partial charge in [0.05, 0.1) is 13.2 Å². The molecule has 0 saturated heterocycles. The van der Waals surface area contributed by atoms with E-state index < -0.39 is 12.1 Å². The van der Waals surface area contributed by atoms with Crippen molar-refractivity contribution in [3.05, 3.63) is 29.8 Å². The van der Waals surface area contributed by atoms with Crippen LogP contribution in [0.5, 0.6) is 5.75 Å². The number of hydrogen-bond acceptors (Lipinski definition) is 5. The standard InChI is InChI=1S/C26H42N2O6/c1-3-5-8-17-32-18-15-28(26(31)27-22-9-6-7-10-22)16-19-34-23-13-11-21(12-14-23)20-24(25(29)30)33-4-2/h11-14,22,24H,3-10,15-20H2,1-2H3,(H,27,31)(H,29,30). The van der Waals surface area contributed by atoms with Gasteiger partial charge in [0.15, 0.2) is 6.10 Å². The topological polar surface area (TPSA) is 97.3 Å². The fourth-order valence-electron chi connectivity index (χ4n) is 4.01. The Balaban J connectivity index is 1.81. The molecule has 192 valence electrons. The second kappa shape index (κ2) is 16.3. The molecule has 8 nitrogen and oxygen atoms in total. The molecule has 1 unspecified atom stereocenters. The number of amides is 2. The molecule has 8 heteroatoms. The number of carboxylic acids is 1. The summed E-state index contributed by atoms with van der Waals surface area (Å²) in [6.45, 7) is 6.89. The molecule has 0 aliphatic heterocycles. The van der Waals surface area contributed by atoms with Gasteiger partial charge >= 0.3 is 12.0 Å². The Hall–Kier alpha value is -2.32. The quantitative estimate of drug-likeness (QED) is 0.325. The maximum atomic E-state index is 12.8. The van der Waals surface area contributed by atoms with Crippen molar-refractivity contribution in [1.82, 2.24) is 10.2 Å². The number of urea groups is 1. The van der Waals surface area contributed by atoms with Crippen molar-refractivity contribution in [2.45, 2.75) is 77.4 Å². The first kappa shape index (κ1) is 27.9. The predicted molar refractivity (Wildman–Crippen MR) is 131 cm³/mol. The van der Waals surface area contributed by atoms with Gasteiger partial charge in [0, 0.05) is 32.2 Å². The summed E-state index contributed by atoms with van der Waals surface area (Å²) in [6.07, 6.45) is 7.23. The van der Waals surface area contributed by atoms with E-state index in [0.717, 1.165) is 44.3 Å². The third kappa shape index (κ3) is 10.7. The van der Waals surface area contributed by atoms with Crippen LogP contribution in [0, 0.1) is 0 Å². The fraction of sp³-hybridized carbons (Fsp3) is 0.692. The maximum absolute atomic E-state index is 12.8. The zero-order chi connectivity index (χ0) is 24.6. The van der Waals surface area contributed by atoms with Gasteiger partial charge in [-0.3, -0.25) is 0 Å². The highest BCUT2D eigenvalue weighted by Crippen LogP contribution is 2.18. The minimum Gasteiger partial charge on any atom is -0.492 e. The minimum atomic E-state index is -0.965. The lowest BCUT2D eigenvalue weighted by Gasteiger charge is -2.25. The Morgan fingerprint density at radius 2 is 1.76 bits per heavy atom. The minimum absolute atomic E-state index is 0.0568. The molecule has 1 fully saturated rings. The number of carbonyl (C=O) groups is 2. The first-order valence-corrected chi connectivity index (χ1v) is 12.7. The van der Waals surface area contributed by atoms with Gasteiger partial charge in [-0.2, -0.15) is 0 Å². The van der Waals surface area contributed by atoms with Crippen LogP contribution in [0.1, 0.15) is 64.4 Å². The number of carboxylic acid groups (broad SMARTS) is 1. The Morgan fingerprint density at radius 1 is 1.06 bits per heavy atom. The van der Waals surface area contributed by atoms with Gasteiger partial charge in [0.1, 0.15) is 12.4 Å². The van der Waals surface area contributed by atoms with E-state index in [1.54, 1.807) is 11.8 Å². The van der Waals surface area contributed by atoms with E-state index in [9.17, 15) is 14.7 Å². The maximum Gasteiger partial charge on any atom is 0.333 e. The summed E-state index contributed by atoms with van der Waals surface area (Å²) in [6, 6.07) is 7.54. The van der Waals surface area contributed by atoms with E-state index >= 15 is 0 Å². The molecule has 2 rings (SSSR count). The van der Waals surface area contributed by atoms with Crippen LogP contribution in [0.15, 0.2) is 24.3 Å². The molecule has 1 saturated carbocycles. The Morgan fingerprint density at radius 3 is 2.41 bits per heavy atom. The number of rotatable bonds is 17. The molecule has 0 aromatic heterocycles. The van der Waals surface area contributed by atoms with E-state index in [1.165, 1.54) is 12.8 Å². The molecule has 1 aromatic rings. The van der Waals surface area contributed by atoms with E-state index in [2.05, 4.69) is 12.2 Å². The Kier molecular flexibility index (Phi) is 13.4. The van der Waals surface area contributed by atoms with Crippen LogP contribution in [-0.2, 0) is 20.7 Å². The molecule has 2 amide bonds. The molecule has 0 spiro atoms. The lowest BCUT2D eigenvalue weighted by molar-refractivity contribution is -0.149. The van der Waals surface area contributed by atoms with Gasteiger partial charge in [-0.05, 0) is 43.9 Å². The predicted octanol–water partition coefficient (Wildman–Crippen LogP) is 4.26. The summed E-state index contributed by atoms with van der Waals surface area (Å²) < 4.78 is 16.9. The molecule has 0 heterocycles. The van der Waals surface area contributed by atoms with Crippen molar-refractivity contribution in [2.75, 3.05) is 39.5 Å². The lowest BCUT2D eigenvalue weighted by Crippen LogP contribution is -2.46. The summed E-state index contributed by atoms with van der Waals surface area (Å²) in [5.41, 5.74) is 0.867. The molecule has 1 aromatic carbocycles. The normalized spacial score (nSPS) is 14.6. The first-order chi connectivity index (χ1) is 16.5. The summed E-state index contributed by atoms with van der Waals surface area (Å²) in [4.78, 5) is 25.9. The second-order valence-electron chi connectivity index (χ2n) is 8.72. The SMILES string of the molecule is CCCCCOCCN(CCOc1ccc(CC(OCC)C(=O)O)cc1)C(=O)NC1CCCC1. The highest BCUT2D eigenvalue weighted by molar-refractivity contribution is 5.74. The van der Waals surface area contributed by atoms with Crippen LogP contribution >= 0.6 is 0 Å². The molecule has 2 N–H and O–H groups in total. The van der Waals surface area contributed by atoms with Crippen molar-refractivity contribution in [1.29, 1.82) is 0 Å². The molecular weight excluding hydrogens is 436 g/mol. The number of benzene rings is 1. The lowest BCUT2D eigenvalue weighted by atomic mass is 10.1. The van der Waals surface area contributed by atoms with Crippen LogP contribution in [0.2, 0.25) is 0 Å². The average molecular weight is 479 g/mol. The summed E-state index contributed by atoms with van der Waals surface area (Å²) >= 11 is 0. The van der Waals surface area contributed by atoms with Gasteiger partial charge in [-0.1, -0.05) is 44.7 Å². The number of hydrogen-bond donors (Lipinski definition) is 2. The third-order valence-electron chi connectivity index (χ3n) is 5.99. The van der Waals surface area contributed by atoms with Crippen molar-refractivity contribution in [2.24, 2.45) is 0 Å². The molecule has 34 heavy (non-hydrogen) atoms. The summed E-state index contributed by atoms with van der Waals surface area (Å²) in [5, 5.41) is 12.4. The van der Waals surface area contributed by atoms with Crippen molar-refractivity contribution < 1.29 is 28.9 Å². The summed E-state index contributed by atoms with van der Waals surface area (Å²) in [7, 11) is 0. The highest BCUT2D eigenvalue weighted by atomic mass is 16.5. The van der Waals surface area contributed by atoms with Crippen LogP contribution in [0.25, 0.3) is 0 Å². The highest BCUT2D eigenvalue weighted by Gasteiger charge is 2.21. The molecule has 0 bridgehead atoms. The largest absolute Gasteiger partial charge is 0.492 e. The molecule has 1 aliphatic rings. The number of nitrogens with zero attached hydrogens (tertiary/aromatic N) is 1. The molecule has 0 radical (unpaired) electrons. The Labute approximate surface area is 203 Å². The van der Waals surface area contributed by atoms with E-state index in [0.29, 0.717) is 45.1 Å². The number of nitrogens with one attached hydrogen (secondary N) is 1. The fourth-order valence-corrected chi connectivity index (χ4v) is 4.01. The van der Waals surface area contributed by atoms with Gasteiger partial charge < -0.3 is 29.5 Å². The Bertz CT molecular complexity index is 706. The van der Waals surface area contributed by atoms with Gasteiger partial charge in [0.2, 0.25) is 0 Å². The number of unbranched alkanes of at least 4 members (excludes halogenated alkanes) is 2. The first-order valence-electron chi connectivity index (χ1n) is 12.7. The van der Waals surface area contributed by atoms with Crippen molar-refractivity contribution >= 4 is 12.0 Å². The van der Waals surface area contributed by atoms with Crippen LogP contribution in [0.4, 0.5) is 4.79 Å². The molecular formula is C26H42N2O6. The van der Waals surface area contributed by atoms with Crippen molar-refractivity contribution in [3.63, 3.8) is 0 Å². The monoisotopic (exact) mass is 478 g/mol. The van der Waals surface area contributed by atoms with Crippen LogP contribution in [0.3, 0.4) is 0 Å². The number of aliphatic carboxylic acids is 1. The molecule has 1 atom stereocenters. The number of carbonyl (C=O) groups excluding carboxylic acids is 1. The van der Waals surface area contributed by atoms with E-state index in [1.807, 2.05) is 24.3 Å². The third-order valence-corrected chi connectivity index (χ3v) is 5.99. The van der Waals surface area contributed by atoms with E-state index in [-0.39, 0.29) is 12.1 Å². The number of ether oxygens (including phenoxy) is 3. The zero-order valence-corrected chi connectivity index (χ0v) is 20.8. The summed E-state index contributed by atoms with van der Waals surface area (Å²) in [5.74, 6) is -0.286. The average Bonchev–Trinajstić information content (AvgIpc) is 3.33. The smallest absolute Gasteiger partial charge is 0.333 e. The second-order valence-corrected chi connectivity index (χ2v) is 8.72. The van der Waals surface area contributed by atoms with Crippen molar-refractivity contribution in [3.8, 4) is 5.75 Å².